The van der Waals surface area contributed by atoms with Gasteiger partial charge in [0.2, 0.25) is 0 Å². The van der Waals surface area contributed by atoms with Crippen molar-refractivity contribution >= 4 is 11.9 Å². The van der Waals surface area contributed by atoms with Gasteiger partial charge in [-0.1, -0.05) is 23.8 Å². The minimum atomic E-state index is -0.267. The van der Waals surface area contributed by atoms with E-state index >= 15 is 0 Å². The van der Waals surface area contributed by atoms with Crippen LogP contribution >= 0.6 is 0 Å². The first-order chi connectivity index (χ1) is 14.6. The van der Waals surface area contributed by atoms with E-state index in [1.165, 1.54) is 0 Å². The Labute approximate surface area is 178 Å². The highest BCUT2D eigenvalue weighted by atomic mass is 16.5. The Balaban J connectivity index is 2.02. The van der Waals surface area contributed by atoms with Crippen LogP contribution < -0.4 is 14.8 Å². The summed E-state index contributed by atoms with van der Waals surface area (Å²) < 4.78 is 21.5. The van der Waals surface area contributed by atoms with E-state index in [0.29, 0.717) is 49.8 Å². The van der Waals surface area contributed by atoms with E-state index in [9.17, 15) is 4.79 Å². The molecule has 0 aliphatic carbocycles. The maximum Gasteiger partial charge on any atom is 0.291 e. The van der Waals surface area contributed by atoms with Crippen LogP contribution in [0.15, 0.2) is 47.5 Å². The Bertz CT molecular complexity index is 834. The number of methoxy groups -OCH3 is 2. The number of hydrogen-bond acceptors (Lipinski definition) is 6. The van der Waals surface area contributed by atoms with E-state index < -0.39 is 0 Å². The summed E-state index contributed by atoms with van der Waals surface area (Å²) in [6.45, 7) is 5.65. The molecule has 2 aromatic rings. The third-order valence-electron chi connectivity index (χ3n) is 4.31. The van der Waals surface area contributed by atoms with Crippen LogP contribution in [0, 0.1) is 6.92 Å². The maximum atomic E-state index is 12.5. The minimum Gasteiger partial charge on any atom is -0.493 e. The Kier molecular flexibility index (Phi) is 9.67. The van der Waals surface area contributed by atoms with Crippen LogP contribution in [0.1, 0.15) is 28.4 Å². The van der Waals surface area contributed by atoms with Crippen molar-refractivity contribution in [1.82, 2.24) is 5.32 Å². The van der Waals surface area contributed by atoms with Crippen molar-refractivity contribution in [2.45, 2.75) is 20.3 Å². The van der Waals surface area contributed by atoms with Gasteiger partial charge < -0.3 is 18.9 Å². The van der Waals surface area contributed by atoms with Crippen LogP contribution in [0.25, 0.3) is 0 Å². The summed E-state index contributed by atoms with van der Waals surface area (Å²) in [6, 6.07) is 13.2. The average molecular weight is 415 g/mol. The van der Waals surface area contributed by atoms with Crippen LogP contribution in [0.4, 0.5) is 0 Å². The van der Waals surface area contributed by atoms with Crippen molar-refractivity contribution in [3.05, 3.63) is 59.2 Å². The standard InChI is InChI=1S/C23H30N2O5/c1-5-29-14-15-30-23(25-22(26)19-9-6-17(2)7-10-19)24-13-12-18-8-11-20(27-3)21(16-18)28-4/h6-11,16H,5,12-15H2,1-4H3,(H,24,25,26). The highest BCUT2D eigenvalue weighted by Crippen LogP contribution is 2.27. The number of carbonyl (C=O) groups excluding carboxylic acids is 1. The number of amidine groups is 1. The van der Waals surface area contributed by atoms with Gasteiger partial charge in [0.05, 0.1) is 20.8 Å². The molecule has 1 N–H and O–H groups in total. The van der Waals surface area contributed by atoms with Crippen molar-refractivity contribution in [1.29, 1.82) is 0 Å². The number of carbonyl (C=O) groups is 1. The molecule has 0 spiro atoms. The largest absolute Gasteiger partial charge is 0.493 e. The molecule has 0 heterocycles. The summed E-state index contributed by atoms with van der Waals surface area (Å²) in [6.07, 6.45) is 0.652. The first-order valence-corrected chi connectivity index (χ1v) is 9.91. The lowest BCUT2D eigenvalue weighted by atomic mass is 10.1. The van der Waals surface area contributed by atoms with E-state index in [2.05, 4.69) is 10.3 Å². The molecule has 0 bridgehead atoms. The summed E-state index contributed by atoms with van der Waals surface area (Å²) in [5, 5.41) is 2.75. The van der Waals surface area contributed by atoms with Gasteiger partial charge in [-0.05, 0) is 50.1 Å². The molecule has 162 valence electrons. The van der Waals surface area contributed by atoms with Crippen LogP contribution in [0.2, 0.25) is 0 Å². The molecule has 0 radical (unpaired) electrons. The van der Waals surface area contributed by atoms with Crippen molar-refractivity contribution in [2.24, 2.45) is 4.99 Å². The lowest BCUT2D eigenvalue weighted by molar-refractivity contribution is 0.0922. The molecule has 1 amide bonds. The third-order valence-corrected chi connectivity index (χ3v) is 4.31. The highest BCUT2D eigenvalue weighted by Gasteiger charge is 2.10. The topological polar surface area (TPSA) is 78.4 Å². The van der Waals surface area contributed by atoms with E-state index in [-0.39, 0.29) is 11.9 Å². The molecule has 0 saturated heterocycles. The molecular weight excluding hydrogens is 384 g/mol. The fourth-order valence-corrected chi connectivity index (χ4v) is 2.66. The molecule has 0 atom stereocenters. The molecule has 7 heteroatoms. The second-order valence-electron chi connectivity index (χ2n) is 6.49. The predicted molar refractivity (Wildman–Crippen MR) is 117 cm³/mol. The smallest absolute Gasteiger partial charge is 0.291 e. The molecule has 30 heavy (non-hydrogen) atoms. The summed E-state index contributed by atoms with van der Waals surface area (Å²) in [5.41, 5.74) is 2.67. The summed E-state index contributed by atoms with van der Waals surface area (Å²) in [7, 11) is 3.20. The van der Waals surface area contributed by atoms with Gasteiger partial charge in [0.25, 0.3) is 11.9 Å². The van der Waals surface area contributed by atoms with E-state index in [0.717, 1.165) is 11.1 Å². The van der Waals surface area contributed by atoms with E-state index in [1.54, 1.807) is 26.4 Å². The van der Waals surface area contributed by atoms with Gasteiger partial charge in [-0.3, -0.25) is 10.1 Å². The molecule has 7 nitrogen and oxygen atoms in total. The predicted octanol–water partition coefficient (Wildman–Crippen LogP) is 3.39. The second kappa shape index (κ2) is 12.5. The third kappa shape index (κ3) is 7.40. The number of ether oxygens (including phenoxy) is 4. The van der Waals surface area contributed by atoms with Crippen LogP contribution in [-0.2, 0) is 15.9 Å². The van der Waals surface area contributed by atoms with Gasteiger partial charge in [0, 0.05) is 18.7 Å². The number of nitrogens with zero attached hydrogens (tertiary/aromatic N) is 1. The molecule has 0 aliphatic rings. The number of amides is 1. The van der Waals surface area contributed by atoms with Crippen LogP contribution in [0.3, 0.4) is 0 Å². The lowest BCUT2D eigenvalue weighted by Crippen LogP contribution is -2.33. The SMILES string of the molecule is CCOCCOC(=NCCc1ccc(OC)c(OC)c1)NC(=O)c1ccc(C)cc1. The van der Waals surface area contributed by atoms with Gasteiger partial charge in [-0.25, -0.2) is 4.99 Å². The number of aryl methyl sites for hydroxylation is 1. The van der Waals surface area contributed by atoms with Crippen LogP contribution in [-0.4, -0.2) is 52.5 Å². The quantitative estimate of drug-likeness (QED) is 0.366. The number of nitrogens with one attached hydrogen (secondary N) is 1. The number of benzene rings is 2. The van der Waals surface area contributed by atoms with E-state index in [4.69, 9.17) is 18.9 Å². The fourth-order valence-electron chi connectivity index (χ4n) is 2.66. The summed E-state index contributed by atoms with van der Waals surface area (Å²) in [4.78, 5) is 16.9. The molecule has 2 rings (SSSR count). The summed E-state index contributed by atoms with van der Waals surface area (Å²) >= 11 is 0. The monoisotopic (exact) mass is 414 g/mol. The number of hydrogen-bond donors (Lipinski definition) is 1. The van der Waals surface area contributed by atoms with Gasteiger partial charge in [0.1, 0.15) is 6.61 Å². The Morgan fingerprint density at radius 1 is 1.00 bits per heavy atom. The summed E-state index contributed by atoms with van der Waals surface area (Å²) in [5.74, 6) is 1.08. The van der Waals surface area contributed by atoms with Crippen molar-refractivity contribution in [2.75, 3.05) is 40.6 Å². The molecule has 0 unspecified atom stereocenters. The van der Waals surface area contributed by atoms with Crippen molar-refractivity contribution < 1.29 is 23.7 Å². The second-order valence-corrected chi connectivity index (χ2v) is 6.49. The molecule has 0 fully saturated rings. The molecule has 0 aromatic heterocycles. The first kappa shape index (κ1) is 23.2. The van der Waals surface area contributed by atoms with Crippen LogP contribution in [0.5, 0.6) is 11.5 Å². The number of aliphatic imine (C=N–C) groups is 1. The Hall–Kier alpha value is -3.06. The molecule has 2 aromatic carbocycles. The van der Waals surface area contributed by atoms with E-state index in [1.807, 2.05) is 44.2 Å². The van der Waals surface area contributed by atoms with Gasteiger partial charge >= 0.3 is 0 Å². The molecule has 0 saturated carbocycles. The number of rotatable bonds is 10. The minimum absolute atomic E-state index is 0.181. The normalized spacial score (nSPS) is 11.1. The highest BCUT2D eigenvalue weighted by molar-refractivity contribution is 6.04. The average Bonchev–Trinajstić information content (AvgIpc) is 2.76. The fraction of sp³-hybridized carbons (Fsp3) is 0.391. The maximum absolute atomic E-state index is 12.5. The van der Waals surface area contributed by atoms with Gasteiger partial charge in [0.15, 0.2) is 11.5 Å². The molecule has 0 aliphatic heterocycles. The first-order valence-electron chi connectivity index (χ1n) is 9.91. The van der Waals surface area contributed by atoms with Gasteiger partial charge in [-0.15, -0.1) is 0 Å². The molecular formula is C23H30N2O5. The zero-order valence-corrected chi connectivity index (χ0v) is 18.1. The Morgan fingerprint density at radius 3 is 2.40 bits per heavy atom. The lowest BCUT2D eigenvalue weighted by Gasteiger charge is -2.12. The zero-order chi connectivity index (χ0) is 21.8. The van der Waals surface area contributed by atoms with Crippen molar-refractivity contribution in [3.8, 4) is 11.5 Å². The van der Waals surface area contributed by atoms with Crippen molar-refractivity contribution in [3.63, 3.8) is 0 Å². The Morgan fingerprint density at radius 2 is 1.73 bits per heavy atom. The zero-order valence-electron chi connectivity index (χ0n) is 18.1. The van der Waals surface area contributed by atoms with Gasteiger partial charge in [-0.2, -0.15) is 0 Å².